The van der Waals surface area contributed by atoms with Gasteiger partial charge in [0.25, 0.3) is 0 Å². The third-order valence-electron chi connectivity index (χ3n) is 4.18. The summed E-state index contributed by atoms with van der Waals surface area (Å²) < 4.78 is 15.2. The van der Waals surface area contributed by atoms with Crippen molar-refractivity contribution in [1.29, 1.82) is 0 Å². The number of hydrogen-bond donors (Lipinski definition) is 1. The zero-order valence-electron chi connectivity index (χ0n) is 12.3. The van der Waals surface area contributed by atoms with Crippen LogP contribution in [0.3, 0.4) is 0 Å². The van der Waals surface area contributed by atoms with Gasteiger partial charge in [-0.05, 0) is 31.2 Å². The van der Waals surface area contributed by atoms with E-state index in [9.17, 15) is 4.39 Å². The standard InChI is InChI=1S/C16H21FN4/c1-18-15(13-2-4-14(17)5-3-13)6-8-20-10-11-21-9-7-19-16(21)12-20/h2-5,7,9,15,18H,6,8,10-12H2,1H3. The highest BCUT2D eigenvalue weighted by Crippen LogP contribution is 2.19. The van der Waals surface area contributed by atoms with Crippen molar-refractivity contribution in [3.05, 3.63) is 53.9 Å². The van der Waals surface area contributed by atoms with Gasteiger partial charge in [-0.25, -0.2) is 9.37 Å². The number of fused-ring (bicyclic) bond motifs is 1. The highest BCUT2D eigenvalue weighted by Gasteiger charge is 2.18. The summed E-state index contributed by atoms with van der Waals surface area (Å²) in [7, 11) is 1.96. The molecule has 0 saturated carbocycles. The van der Waals surface area contributed by atoms with Crippen LogP contribution in [0, 0.1) is 5.82 Å². The summed E-state index contributed by atoms with van der Waals surface area (Å²) in [6.07, 6.45) is 4.91. The highest BCUT2D eigenvalue weighted by atomic mass is 19.1. The molecule has 1 N–H and O–H groups in total. The van der Waals surface area contributed by atoms with E-state index in [-0.39, 0.29) is 11.9 Å². The summed E-state index contributed by atoms with van der Waals surface area (Å²) >= 11 is 0. The van der Waals surface area contributed by atoms with E-state index in [0.29, 0.717) is 0 Å². The minimum absolute atomic E-state index is 0.184. The fourth-order valence-electron chi connectivity index (χ4n) is 2.90. The number of nitrogens with zero attached hydrogens (tertiary/aromatic N) is 3. The molecule has 0 aliphatic carbocycles. The van der Waals surface area contributed by atoms with Crippen molar-refractivity contribution in [2.45, 2.75) is 25.6 Å². The summed E-state index contributed by atoms with van der Waals surface area (Å²) in [5, 5.41) is 3.32. The second kappa shape index (κ2) is 6.37. The van der Waals surface area contributed by atoms with E-state index in [0.717, 1.165) is 44.0 Å². The van der Waals surface area contributed by atoms with Crippen molar-refractivity contribution in [3.8, 4) is 0 Å². The average molecular weight is 288 g/mol. The smallest absolute Gasteiger partial charge is 0.123 e. The monoisotopic (exact) mass is 288 g/mol. The Hall–Kier alpha value is -1.72. The second-order valence-corrected chi connectivity index (χ2v) is 5.49. The van der Waals surface area contributed by atoms with E-state index >= 15 is 0 Å². The topological polar surface area (TPSA) is 33.1 Å². The van der Waals surface area contributed by atoms with Gasteiger partial charge in [0.15, 0.2) is 0 Å². The lowest BCUT2D eigenvalue weighted by Gasteiger charge is -2.29. The molecule has 1 unspecified atom stereocenters. The van der Waals surface area contributed by atoms with Crippen molar-refractivity contribution in [2.75, 3.05) is 20.1 Å². The molecule has 1 atom stereocenters. The number of imidazole rings is 1. The molecule has 4 nitrogen and oxygen atoms in total. The van der Waals surface area contributed by atoms with Gasteiger partial charge in [0.2, 0.25) is 0 Å². The molecule has 2 heterocycles. The van der Waals surface area contributed by atoms with E-state index in [1.165, 1.54) is 12.1 Å². The summed E-state index contributed by atoms with van der Waals surface area (Å²) in [5.74, 6) is 0.959. The van der Waals surface area contributed by atoms with Gasteiger partial charge in [0.1, 0.15) is 11.6 Å². The molecule has 0 bridgehead atoms. The molecule has 1 aliphatic rings. The minimum Gasteiger partial charge on any atom is -0.333 e. The summed E-state index contributed by atoms with van der Waals surface area (Å²) in [6, 6.07) is 7.03. The maximum Gasteiger partial charge on any atom is 0.123 e. The van der Waals surface area contributed by atoms with Gasteiger partial charge in [-0.1, -0.05) is 12.1 Å². The predicted molar refractivity (Wildman–Crippen MR) is 80.3 cm³/mol. The molecule has 0 amide bonds. The summed E-state index contributed by atoms with van der Waals surface area (Å²) in [6.45, 7) is 3.99. The van der Waals surface area contributed by atoms with Crippen molar-refractivity contribution in [1.82, 2.24) is 19.8 Å². The van der Waals surface area contributed by atoms with Gasteiger partial charge < -0.3 is 9.88 Å². The Morgan fingerprint density at radius 2 is 2.10 bits per heavy atom. The SMILES string of the molecule is CNC(CCN1CCn2ccnc2C1)c1ccc(F)cc1. The van der Waals surface area contributed by atoms with Crippen molar-refractivity contribution in [3.63, 3.8) is 0 Å². The lowest BCUT2D eigenvalue weighted by Crippen LogP contribution is -2.35. The van der Waals surface area contributed by atoms with Crippen LogP contribution in [-0.4, -0.2) is 34.6 Å². The molecule has 3 rings (SSSR count). The van der Waals surface area contributed by atoms with Crippen LogP contribution in [0.5, 0.6) is 0 Å². The number of hydrogen-bond acceptors (Lipinski definition) is 3. The van der Waals surface area contributed by atoms with Crippen LogP contribution in [0.15, 0.2) is 36.7 Å². The van der Waals surface area contributed by atoms with Crippen LogP contribution in [0.25, 0.3) is 0 Å². The molecule has 0 radical (unpaired) electrons. The Kier molecular flexibility index (Phi) is 4.31. The number of nitrogens with one attached hydrogen (secondary N) is 1. The number of halogens is 1. The third kappa shape index (κ3) is 3.31. The molecule has 5 heteroatoms. The molecule has 0 saturated heterocycles. The lowest BCUT2D eigenvalue weighted by atomic mass is 10.0. The average Bonchev–Trinajstić information content (AvgIpc) is 2.97. The van der Waals surface area contributed by atoms with Gasteiger partial charge in [0, 0.05) is 38.1 Å². The zero-order valence-corrected chi connectivity index (χ0v) is 12.3. The fourth-order valence-corrected chi connectivity index (χ4v) is 2.90. The first-order chi connectivity index (χ1) is 10.3. The van der Waals surface area contributed by atoms with Crippen LogP contribution in [0.1, 0.15) is 23.9 Å². The van der Waals surface area contributed by atoms with Crippen LogP contribution in [0.4, 0.5) is 4.39 Å². The summed E-state index contributed by atoms with van der Waals surface area (Å²) in [5.41, 5.74) is 1.14. The largest absolute Gasteiger partial charge is 0.333 e. The van der Waals surface area contributed by atoms with Crippen molar-refractivity contribution >= 4 is 0 Å². The van der Waals surface area contributed by atoms with Gasteiger partial charge in [0.05, 0.1) is 6.54 Å². The van der Waals surface area contributed by atoms with Gasteiger partial charge in [-0.3, -0.25) is 4.90 Å². The number of aromatic nitrogens is 2. The molecule has 0 spiro atoms. The maximum absolute atomic E-state index is 13.0. The van der Waals surface area contributed by atoms with E-state index in [4.69, 9.17) is 0 Å². The minimum atomic E-state index is -0.184. The zero-order chi connectivity index (χ0) is 14.7. The van der Waals surface area contributed by atoms with E-state index < -0.39 is 0 Å². The first-order valence-corrected chi connectivity index (χ1v) is 7.41. The molecule has 1 aromatic carbocycles. The van der Waals surface area contributed by atoms with Crippen LogP contribution < -0.4 is 5.32 Å². The van der Waals surface area contributed by atoms with Gasteiger partial charge in [-0.15, -0.1) is 0 Å². The van der Waals surface area contributed by atoms with Crippen molar-refractivity contribution < 1.29 is 4.39 Å². The van der Waals surface area contributed by atoms with Crippen LogP contribution in [0.2, 0.25) is 0 Å². The quantitative estimate of drug-likeness (QED) is 0.915. The number of benzene rings is 1. The maximum atomic E-state index is 13.0. The number of rotatable bonds is 5. The molecule has 21 heavy (non-hydrogen) atoms. The normalized spacial score (nSPS) is 16.7. The molecule has 1 aromatic heterocycles. The Bertz CT molecular complexity index is 578. The van der Waals surface area contributed by atoms with Gasteiger partial charge in [-0.2, -0.15) is 0 Å². The molecular weight excluding hydrogens is 267 g/mol. The first kappa shape index (κ1) is 14.2. The van der Waals surface area contributed by atoms with E-state index in [1.807, 2.05) is 31.6 Å². The molecular formula is C16H21FN4. The fraction of sp³-hybridized carbons (Fsp3) is 0.438. The molecule has 2 aromatic rings. The van der Waals surface area contributed by atoms with E-state index in [1.54, 1.807) is 0 Å². The van der Waals surface area contributed by atoms with Crippen LogP contribution in [-0.2, 0) is 13.1 Å². The highest BCUT2D eigenvalue weighted by molar-refractivity contribution is 5.19. The molecule has 0 fully saturated rings. The Balaban J connectivity index is 1.57. The predicted octanol–water partition coefficient (Wildman–Crippen LogP) is 2.19. The van der Waals surface area contributed by atoms with Crippen LogP contribution >= 0.6 is 0 Å². The Morgan fingerprint density at radius 1 is 1.29 bits per heavy atom. The molecule has 112 valence electrons. The van der Waals surface area contributed by atoms with Crippen molar-refractivity contribution in [2.24, 2.45) is 0 Å². The first-order valence-electron chi connectivity index (χ1n) is 7.41. The van der Waals surface area contributed by atoms with E-state index in [2.05, 4.69) is 19.8 Å². The third-order valence-corrected chi connectivity index (χ3v) is 4.18. The second-order valence-electron chi connectivity index (χ2n) is 5.49. The Morgan fingerprint density at radius 3 is 2.86 bits per heavy atom. The van der Waals surface area contributed by atoms with Gasteiger partial charge >= 0.3 is 0 Å². The molecule has 1 aliphatic heterocycles. The Labute approximate surface area is 124 Å². The lowest BCUT2D eigenvalue weighted by molar-refractivity contribution is 0.207. The summed E-state index contributed by atoms with van der Waals surface area (Å²) in [4.78, 5) is 6.81.